The van der Waals surface area contributed by atoms with Gasteiger partial charge in [-0.15, -0.1) is 0 Å². The molecule has 0 aromatic heterocycles. The normalized spacial score (nSPS) is 30.1. The van der Waals surface area contributed by atoms with Crippen molar-refractivity contribution in [1.29, 1.82) is 0 Å². The molecule has 0 aromatic carbocycles. The Kier molecular flexibility index (Phi) is 2.95. The van der Waals surface area contributed by atoms with Crippen molar-refractivity contribution in [1.82, 2.24) is 0 Å². The van der Waals surface area contributed by atoms with Crippen LogP contribution in [0, 0.1) is 0 Å². The van der Waals surface area contributed by atoms with Gasteiger partial charge in [0.25, 0.3) is 0 Å². The summed E-state index contributed by atoms with van der Waals surface area (Å²) in [7, 11) is 5.50. The number of hydrogen-bond acceptors (Lipinski definition) is 3. The van der Waals surface area contributed by atoms with Crippen molar-refractivity contribution >= 4 is 13.7 Å². The molecule has 4 heteroatoms. The molecule has 0 aromatic rings. The highest BCUT2D eigenvalue weighted by Gasteiger charge is 2.30. The number of nitrogens with zero attached hydrogens (tertiary/aromatic N) is 1. The molecule has 1 rings (SSSR count). The molecular formula is C10H18BNO2. The van der Waals surface area contributed by atoms with E-state index in [1.807, 2.05) is 6.92 Å². The van der Waals surface area contributed by atoms with Crippen LogP contribution in [-0.4, -0.2) is 36.0 Å². The molecule has 0 bridgehead atoms. The molecule has 2 atom stereocenters. The summed E-state index contributed by atoms with van der Waals surface area (Å²) < 4.78 is 5.51. The van der Waals surface area contributed by atoms with E-state index in [0.29, 0.717) is 5.90 Å². The lowest BCUT2D eigenvalue weighted by atomic mass is 9.80. The Balaban J connectivity index is 2.74. The highest BCUT2D eigenvalue weighted by molar-refractivity contribution is 6.15. The molecule has 0 spiro atoms. The molecule has 2 radical (unpaired) electrons. The number of rotatable bonds is 2. The van der Waals surface area contributed by atoms with Gasteiger partial charge in [-0.2, -0.15) is 0 Å². The maximum absolute atomic E-state index is 9.44. The van der Waals surface area contributed by atoms with Gasteiger partial charge in [-0.25, -0.2) is 4.99 Å². The third-order valence-corrected chi connectivity index (χ3v) is 2.06. The van der Waals surface area contributed by atoms with Crippen LogP contribution in [-0.2, 0) is 4.74 Å². The number of aliphatic imine (C=N–C) groups is 1. The van der Waals surface area contributed by atoms with E-state index in [0.717, 1.165) is 6.42 Å². The van der Waals surface area contributed by atoms with Crippen LogP contribution in [0.2, 0.25) is 0 Å². The zero-order valence-corrected chi connectivity index (χ0v) is 9.37. The van der Waals surface area contributed by atoms with Gasteiger partial charge in [-0.05, 0) is 27.7 Å². The molecule has 1 aliphatic heterocycles. The first-order chi connectivity index (χ1) is 6.18. The Labute approximate surface area is 87.0 Å². The summed E-state index contributed by atoms with van der Waals surface area (Å²) in [4.78, 5) is 4.40. The van der Waals surface area contributed by atoms with Gasteiger partial charge in [0.05, 0.1) is 11.6 Å². The van der Waals surface area contributed by atoms with Crippen molar-refractivity contribution in [2.75, 3.05) is 0 Å². The summed E-state index contributed by atoms with van der Waals surface area (Å²) in [6, 6.07) is 0. The van der Waals surface area contributed by atoms with Gasteiger partial charge in [-0.1, -0.05) is 0 Å². The molecule has 0 amide bonds. The second-order valence-corrected chi connectivity index (χ2v) is 4.98. The Morgan fingerprint density at radius 3 is 2.71 bits per heavy atom. The molecule has 0 aliphatic carbocycles. The maximum Gasteiger partial charge on any atom is 0.186 e. The molecule has 1 heterocycles. The average molecular weight is 195 g/mol. The predicted octanol–water partition coefficient (Wildman–Crippen LogP) is 1.24. The lowest BCUT2D eigenvalue weighted by molar-refractivity contribution is 0.110. The fraction of sp³-hybridized carbons (Fsp3) is 0.900. The van der Waals surface area contributed by atoms with E-state index in [1.165, 1.54) is 0 Å². The van der Waals surface area contributed by atoms with Crippen LogP contribution in [0.1, 0.15) is 40.5 Å². The molecule has 78 valence electrons. The Bertz CT molecular complexity index is 243. The Hall–Kier alpha value is -0.505. The fourth-order valence-corrected chi connectivity index (χ4v) is 1.77. The third-order valence-electron chi connectivity index (χ3n) is 2.06. The molecular weight excluding hydrogens is 177 g/mol. The van der Waals surface area contributed by atoms with Crippen molar-refractivity contribution in [3.63, 3.8) is 0 Å². The Morgan fingerprint density at radius 2 is 2.29 bits per heavy atom. The zero-order valence-electron chi connectivity index (χ0n) is 9.37. The van der Waals surface area contributed by atoms with Crippen LogP contribution < -0.4 is 0 Å². The van der Waals surface area contributed by atoms with Crippen molar-refractivity contribution in [3.05, 3.63) is 0 Å². The second-order valence-electron chi connectivity index (χ2n) is 4.98. The second kappa shape index (κ2) is 3.57. The van der Waals surface area contributed by atoms with E-state index < -0.39 is 5.50 Å². The summed E-state index contributed by atoms with van der Waals surface area (Å²) in [6.45, 7) is 7.65. The highest BCUT2D eigenvalue weighted by atomic mass is 16.5. The number of hydrogen-bond donors (Lipinski definition) is 1. The van der Waals surface area contributed by atoms with E-state index >= 15 is 0 Å². The van der Waals surface area contributed by atoms with Crippen LogP contribution in [0.3, 0.4) is 0 Å². The minimum Gasteiger partial charge on any atom is -0.478 e. The SMILES string of the molecule is [B]C(C)(O)CC1=NC(C)(C)CC(C)O1. The quantitative estimate of drug-likeness (QED) is 0.673. The summed E-state index contributed by atoms with van der Waals surface area (Å²) in [5, 5.41) is 9.44. The molecule has 1 aliphatic rings. The van der Waals surface area contributed by atoms with Crippen molar-refractivity contribution in [2.45, 2.75) is 57.7 Å². The molecule has 2 unspecified atom stereocenters. The van der Waals surface area contributed by atoms with Gasteiger partial charge in [-0.3, -0.25) is 0 Å². The minimum absolute atomic E-state index is 0.113. The van der Waals surface area contributed by atoms with Gasteiger partial charge in [0, 0.05) is 18.3 Å². The standard InChI is InChI=1S/C10H18BNO2/c1-7-5-9(2,3)12-8(14-7)6-10(4,11)13/h7,13H,5-6H2,1-4H3. The van der Waals surface area contributed by atoms with Gasteiger partial charge >= 0.3 is 0 Å². The van der Waals surface area contributed by atoms with Gasteiger partial charge in [0.15, 0.2) is 5.90 Å². The lowest BCUT2D eigenvalue weighted by Crippen LogP contribution is -2.38. The third kappa shape index (κ3) is 3.70. The first-order valence-electron chi connectivity index (χ1n) is 4.95. The summed E-state index contributed by atoms with van der Waals surface area (Å²) in [6.07, 6.45) is 1.30. The van der Waals surface area contributed by atoms with Crippen molar-refractivity contribution in [2.24, 2.45) is 4.99 Å². The first-order valence-corrected chi connectivity index (χ1v) is 4.95. The monoisotopic (exact) mass is 195 g/mol. The highest BCUT2D eigenvalue weighted by Crippen LogP contribution is 2.25. The number of ether oxygens (including phenoxy) is 1. The maximum atomic E-state index is 9.44. The Morgan fingerprint density at radius 1 is 1.71 bits per heavy atom. The van der Waals surface area contributed by atoms with Crippen LogP contribution in [0.15, 0.2) is 4.99 Å². The van der Waals surface area contributed by atoms with E-state index in [-0.39, 0.29) is 18.1 Å². The largest absolute Gasteiger partial charge is 0.478 e. The first kappa shape index (κ1) is 11.6. The van der Waals surface area contributed by atoms with E-state index in [4.69, 9.17) is 12.6 Å². The summed E-state index contributed by atoms with van der Waals surface area (Å²) >= 11 is 0. The van der Waals surface area contributed by atoms with Crippen molar-refractivity contribution < 1.29 is 9.84 Å². The van der Waals surface area contributed by atoms with E-state index in [1.54, 1.807) is 6.92 Å². The predicted molar refractivity (Wildman–Crippen MR) is 57.7 cm³/mol. The fourth-order valence-electron chi connectivity index (χ4n) is 1.77. The van der Waals surface area contributed by atoms with Crippen LogP contribution in [0.5, 0.6) is 0 Å². The summed E-state index contributed by atoms with van der Waals surface area (Å²) in [5.41, 5.74) is -1.36. The van der Waals surface area contributed by atoms with Crippen molar-refractivity contribution in [3.8, 4) is 0 Å². The van der Waals surface area contributed by atoms with Gasteiger partial charge in [0.1, 0.15) is 7.85 Å². The lowest BCUT2D eigenvalue weighted by Gasteiger charge is -2.33. The van der Waals surface area contributed by atoms with Gasteiger partial charge < -0.3 is 9.84 Å². The van der Waals surface area contributed by atoms with Crippen LogP contribution in [0.25, 0.3) is 0 Å². The minimum atomic E-state index is -1.24. The molecule has 0 fully saturated rings. The summed E-state index contributed by atoms with van der Waals surface area (Å²) in [5.74, 6) is 0.557. The topological polar surface area (TPSA) is 41.8 Å². The zero-order chi connectivity index (χ0) is 11.0. The van der Waals surface area contributed by atoms with E-state index in [9.17, 15) is 5.11 Å². The van der Waals surface area contributed by atoms with E-state index in [2.05, 4.69) is 18.8 Å². The molecule has 1 N–H and O–H groups in total. The smallest absolute Gasteiger partial charge is 0.186 e. The molecule has 0 saturated heterocycles. The van der Waals surface area contributed by atoms with Crippen LogP contribution in [0.4, 0.5) is 0 Å². The van der Waals surface area contributed by atoms with Crippen LogP contribution >= 0.6 is 0 Å². The number of aliphatic hydroxyl groups is 1. The molecule has 14 heavy (non-hydrogen) atoms. The molecule has 0 saturated carbocycles. The average Bonchev–Trinajstić information content (AvgIpc) is 1.74. The molecule has 3 nitrogen and oxygen atoms in total. The van der Waals surface area contributed by atoms with Gasteiger partial charge in [0.2, 0.25) is 0 Å².